The van der Waals surface area contributed by atoms with Gasteiger partial charge in [0.25, 0.3) is 0 Å². The minimum atomic E-state index is -0.206. The van der Waals surface area contributed by atoms with E-state index in [1.165, 1.54) is 0 Å². The van der Waals surface area contributed by atoms with Crippen LogP contribution in [0.4, 0.5) is 0 Å². The van der Waals surface area contributed by atoms with E-state index in [-0.39, 0.29) is 16.5 Å². The number of allylic oxidation sites excluding steroid dienone is 2. The van der Waals surface area contributed by atoms with Crippen molar-refractivity contribution in [2.24, 2.45) is 0 Å². The summed E-state index contributed by atoms with van der Waals surface area (Å²) in [6, 6.07) is 0. The van der Waals surface area contributed by atoms with Gasteiger partial charge in [-0.15, -0.1) is 0 Å². The first kappa shape index (κ1) is 9.84. The molecule has 70 valence electrons. The van der Waals surface area contributed by atoms with Crippen molar-refractivity contribution in [1.82, 2.24) is 0 Å². The zero-order valence-electron chi connectivity index (χ0n) is 7.78. The molecule has 1 aliphatic rings. The van der Waals surface area contributed by atoms with Crippen molar-refractivity contribution >= 4 is 10.9 Å². The maximum atomic E-state index is 5.14. The van der Waals surface area contributed by atoms with Gasteiger partial charge in [0, 0.05) is 0 Å². The molecule has 0 atom stereocenters. The largest absolute Gasteiger partial charge is 0.230 e. The van der Waals surface area contributed by atoms with Crippen LogP contribution in [-0.2, 0) is 9.78 Å². The van der Waals surface area contributed by atoms with Crippen LogP contribution in [-0.4, -0.2) is 11.5 Å². The van der Waals surface area contributed by atoms with Crippen molar-refractivity contribution in [3.05, 3.63) is 23.0 Å². The van der Waals surface area contributed by atoms with Gasteiger partial charge in [0.2, 0.25) is 0 Å². The lowest BCUT2D eigenvalue weighted by molar-refractivity contribution is -0.335. The highest BCUT2D eigenvalue weighted by molar-refractivity contribution is 8.22. The van der Waals surface area contributed by atoms with E-state index in [9.17, 15) is 0 Å². The Morgan fingerprint density at radius 3 is 2.25 bits per heavy atom. The summed E-state index contributed by atoms with van der Waals surface area (Å²) >= 11 is 0. The van der Waals surface area contributed by atoms with Gasteiger partial charge in [-0.1, -0.05) is 12.2 Å². The Labute approximate surface area is 76.5 Å². The molecule has 2 nitrogen and oxygen atoms in total. The van der Waals surface area contributed by atoms with Crippen molar-refractivity contribution in [2.45, 2.75) is 26.4 Å². The highest BCUT2D eigenvalue weighted by Gasteiger charge is 2.11. The highest BCUT2D eigenvalue weighted by Crippen LogP contribution is 2.32. The van der Waals surface area contributed by atoms with Crippen LogP contribution in [0, 0.1) is 0 Å². The molecule has 0 aromatic heterocycles. The van der Waals surface area contributed by atoms with Crippen molar-refractivity contribution < 1.29 is 9.78 Å². The molecule has 1 heterocycles. The lowest BCUT2D eigenvalue weighted by atomic mass is 10.2. The smallest absolute Gasteiger partial charge is 0.117 e. The van der Waals surface area contributed by atoms with Gasteiger partial charge in [-0.25, -0.2) is 9.78 Å². The van der Waals surface area contributed by atoms with E-state index in [0.29, 0.717) is 5.94 Å². The van der Waals surface area contributed by atoms with Gasteiger partial charge in [-0.3, -0.25) is 0 Å². The van der Waals surface area contributed by atoms with E-state index < -0.39 is 0 Å². The van der Waals surface area contributed by atoms with Gasteiger partial charge in [-0.05, 0) is 31.6 Å². The van der Waals surface area contributed by atoms with Crippen molar-refractivity contribution in [3.8, 4) is 0 Å². The first-order valence-corrected chi connectivity index (χ1v) is 5.66. The van der Waals surface area contributed by atoms with E-state index in [4.69, 9.17) is 9.78 Å². The second-order valence-corrected chi connectivity index (χ2v) is 5.52. The Kier molecular flexibility index (Phi) is 3.38. The number of rotatable bonds is 3. The molecular formula is C9H16O2S. The average Bonchev–Trinajstić information content (AvgIpc) is 2.36. The maximum absolute atomic E-state index is 5.14. The summed E-state index contributed by atoms with van der Waals surface area (Å²) in [6.45, 7) is 5.92. The molecule has 0 spiro atoms. The van der Waals surface area contributed by atoms with Crippen molar-refractivity contribution in [2.75, 3.05) is 5.94 Å². The van der Waals surface area contributed by atoms with Crippen LogP contribution in [0.2, 0.25) is 0 Å². The predicted octanol–water partition coefficient (Wildman–Crippen LogP) is 2.73. The Hall–Kier alpha value is -0.250. The molecule has 0 fully saturated rings. The van der Waals surface area contributed by atoms with Crippen LogP contribution in [0.3, 0.4) is 0 Å². The second kappa shape index (κ2) is 4.12. The average molecular weight is 188 g/mol. The molecule has 0 aromatic carbocycles. The third kappa shape index (κ3) is 3.95. The fourth-order valence-corrected chi connectivity index (χ4v) is 1.81. The first-order valence-electron chi connectivity index (χ1n) is 3.99. The highest BCUT2D eigenvalue weighted by atomic mass is 32.2. The Balaban J connectivity index is 2.10. The van der Waals surface area contributed by atoms with E-state index in [0.717, 1.165) is 0 Å². The summed E-state index contributed by atoms with van der Waals surface area (Å²) in [5.74, 6) is 0.666. The molecular weight excluding hydrogens is 172 g/mol. The molecule has 1 aliphatic heterocycles. The third-order valence-corrected chi connectivity index (χ3v) is 2.69. The molecule has 0 amide bonds. The standard InChI is InChI=1S/C9H16O2S/c1-9(2,3)11-10-8-12-6-4-5-7-12/h4-7,12H,8H2,1-3H3. The lowest BCUT2D eigenvalue weighted by Gasteiger charge is -2.19. The molecule has 12 heavy (non-hydrogen) atoms. The Morgan fingerprint density at radius 1 is 1.17 bits per heavy atom. The van der Waals surface area contributed by atoms with Crippen LogP contribution in [0.15, 0.2) is 23.0 Å². The second-order valence-electron chi connectivity index (χ2n) is 3.64. The number of hydrogen-bond acceptors (Lipinski definition) is 2. The first-order chi connectivity index (χ1) is 5.58. The Bertz CT molecular complexity index is 179. The summed E-state index contributed by atoms with van der Waals surface area (Å²) in [7, 11) is -0.206. The normalized spacial score (nSPS) is 19.1. The summed E-state index contributed by atoms with van der Waals surface area (Å²) < 4.78 is 0. The summed E-state index contributed by atoms with van der Waals surface area (Å²) in [6.07, 6.45) is 4.10. The fourth-order valence-electron chi connectivity index (χ4n) is 0.720. The van der Waals surface area contributed by atoms with E-state index >= 15 is 0 Å². The number of hydrogen-bond donors (Lipinski definition) is 1. The van der Waals surface area contributed by atoms with Gasteiger partial charge in [0.15, 0.2) is 0 Å². The van der Waals surface area contributed by atoms with Gasteiger partial charge in [0.1, 0.15) is 5.94 Å². The van der Waals surface area contributed by atoms with Gasteiger partial charge >= 0.3 is 0 Å². The minimum Gasteiger partial charge on any atom is -0.230 e. The van der Waals surface area contributed by atoms with Crippen LogP contribution < -0.4 is 0 Å². The molecule has 0 saturated carbocycles. The molecule has 0 saturated heterocycles. The van der Waals surface area contributed by atoms with Gasteiger partial charge in [0.05, 0.1) is 5.60 Å². The van der Waals surface area contributed by atoms with E-state index in [1.807, 2.05) is 32.9 Å². The van der Waals surface area contributed by atoms with Crippen molar-refractivity contribution in [3.63, 3.8) is 0 Å². The molecule has 0 unspecified atom stereocenters. The third-order valence-electron chi connectivity index (χ3n) is 1.18. The summed E-state index contributed by atoms with van der Waals surface area (Å²) in [5, 5.41) is 4.31. The van der Waals surface area contributed by atoms with Crippen LogP contribution in [0.25, 0.3) is 0 Å². The van der Waals surface area contributed by atoms with E-state index in [1.54, 1.807) is 0 Å². The lowest BCUT2D eigenvalue weighted by Crippen LogP contribution is -2.19. The van der Waals surface area contributed by atoms with E-state index in [2.05, 4.69) is 10.8 Å². The molecule has 1 rings (SSSR count). The zero-order chi connectivity index (χ0) is 9.03. The van der Waals surface area contributed by atoms with Gasteiger partial charge < -0.3 is 0 Å². The molecule has 0 N–H and O–H groups in total. The summed E-state index contributed by atoms with van der Waals surface area (Å²) in [4.78, 5) is 10.2. The van der Waals surface area contributed by atoms with Crippen LogP contribution in [0.5, 0.6) is 0 Å². The monoisotopic (exact) mass is 188 g/mol. The van der Waals surface area contributed by atoms with Crippen LogP contribution >= 0.6 is 10.9 Å². The SMILES string of the molecule is CC(C)(C)OOC[SH]1C=CC=C1. The van der Waals surface area contributed by atoms with Gasteiger partial charge in [-0.2, -0.15) is 10.9 Å². The quantitative estimate of drug-likeness (QED) is 0.417. The molecule has 0 aromatic rings. The Morgan fingerprint density at radius 2 is 1.75 bits per heavy atom. The van der Waals surface area contributed by atoms with Crippen molar-refractivity contribution in [1.29, 1.82) is 0 Å². The zero-order valence-corrected chi connectivity index (χ0v) is 8.67. The molecule has 0 bridgehead atoms. The maximum Gasteiger partial charge on any atom is 0.117 e. The van der Waals surface area contributed by atoms with Crippen LogP contribution in [0.1, 0.15) is 20.8 Å². The fraction of sp³-hybridized carbons (Fsp3) is 0.556. The topological polar surface area (TPSA) is 18.5 Å². The molecule has 0 aliphatic carbocycles. The molecule has 0 radical (unpaired) electrons. The summed E-state index contributed by atoms with van der Waals surface area (Å²) in [5.41, 5.74) is -0.206. The minimum absolute atomic E-state index is 0.206. The molecule has 3 heteroatoms. The predicted molar refractivity (Wildman–Crippen MR) is 54.1 cm³/mol. The number of thiol groups is 1.